The Morgan fingerprint density at radius 3 is 3.14 bits per heavy atom. The van der Waals surface area contributed by atoms with Crippen molar-refractivity contribution in [3.05, 3.63) is 18.1 Å². The van der Waals surface area contributed by atoms with Crippen LogP contribution in [0.5, 0.6) is 0 Å². The third kappa shape index (κ3) is 2.05. The largest absolute Gasteiger partial charge is 0.477 e. The second-order valence-corrected chi connectivity index (χ2v) is 7.18. The molecule has 21 heavy (non-hydrogen) atoms. The smallest absolute Gasteiger partial charge is 0.352 e. The number of nitrogens with two attached hydrogens (primary N) is 1. The summed E-state index contributed by atoms with van der Waals surface area (Å²) in [7, 11) is 0. The summed E-state index contributed by atoms with van der Waals surface area (Å²) in [5.74, 6) is -0.951. The predicted molar refractivity (Wildman–Crippen MR) is 77.4 cm³/mol. The Bertz CT molecular complexity index is 619. The molecule has 1 fully saturated rings. The van der Waals surface area contributed by atoms with E-state index in [0.29, 0.717) is 10.9 Å². The van der Waals surface area contributed by atoms with E-state index in [2.05, 4.69) is 15.2 Å². The second-order valence-electron chi connectivity index (χ2n) is 4.74. The number of aromatic nitrogens is 3. The van der Waals surface area contributed by atoms with Gasteiger partial charge in [0.15, 0.2) is 5.16 Å². The van der Waals surface area contributed by atoms with Gasteiger partial charge in [0.1, 0.15) is 22.9 Å². The second kappa shape index (κ2) is 5.04. The van der Waals surface area contributed by atoms with Gasteiger partial charge >= 0.3 is 5.97 Å². The molecule has 0 radical (unpaired) electrons. The van der Waals surface area contributed by atoms with Crippen molar-refractivity contribution in [1.29, 1.82) is 0 Å². The summed E-state index contributed by atoms with van der Waals surface area (Å²) in [5, 5.41) is 15.6. The molecule has 3 atom stereocenters. The van der Waals surface area contributed by atoms with E-state index in [1.807, 2.05) is 6.92 Å². The van der Waals surface area contributed by atoms with Crippen molar-refractivity contribution >= 4 is 35.4 Å². The summed E-state index contributed by atoms with van der Waals surface area (Å²) >= 11 is 2.79. The molecule has 2 aliphatic heterocycles. The van der Waals surface area contributed by atoms with Gasteiger partial charge in [0.05, 0.1) is 0 Å². The number of β-lactam (4-membered cyclic amide) rings is 1. The number of carboxylic acid groups (broad SMARTS) is 1. The van der Waals surface area contributed by atoms with Crippen LogP contribution < -0.4 is 5.73 Å². The van der Waals surface area contributed by atoms with E-state index in [-0.39, 0.29) is 22.2 Å². The van der Waals surface area contributed by atoms with Gasteiger partial charge in [-0.05, 0) is 6.08 Å². The van der Waals surface area contributed by atoms with Crippen LogP contribution in [-0.2, 0) is 9.59 Å². The van der Waals surface area contributed by atoms with Crippen molar-refractivity contribution in [2.24, 2.45) is 5.73 Å². The molecule has 112 valence electrons. The average molecular weight is 327 g/mol. The van der Waals surface area contributed by atoms with Crippen LogP contribution >= 0.6 is 23.5 Å². The van der Waals surface area contributed by atoms with Crippen LogP contribution in [0.4, 0.5) is 0 Å². The average Bonchev–Trinajstić information content (AvgIpc) is 2.97. The minimum absolute atomic E-state index is 0.0155. The number of thioether (sulfide) groups is 2. The topological polar surface area (TPSA) is 125 Å². The number of hydrogen-bond donors (Lipinski definition) is 3. The van der Waals surface area contributed by atoms with Gasteiger partial charge < -0.3 is 10.8 Å². The molecule has 3 heterocycles. The minimum Gasteiger partial charge on any atom is -0.477 e. The summed E-state index contributed by atoms with van der Waals surface area (Å²) in [6.45, 7) is 1.84. The lowest BCUT2D eigenvalue weighted by Gasteiger charge is -2.56. The van der Waals surface area contributed by atoms with Crippen molar-refractivity contribution in [2.75, 3.05) is 5.75 Å². The van der Waals surface area contributed by atoms with Gasteiger partial charge in [0.25, 0.3) is 5.91 Å². The Hall–Kier alpha value is -1.52. The maximum atomic E-state index is 12.4. The van der Waals surface area contributed by atoms with Crippen LogP contribution in [0, 0.1) is 0 Å². The first-order valence-corrected chi connectivity index (χ1v) is 8.08. The Morgan fingerprint density at radius 2 is 2.52 bits per heavy atom. The van der Waals surface area contributed by atoms with Crippen molar-refractivity contribution in [3.8, 4) is 0 Å². The Labute approximate surface area is 128 Å². The maximum absolute atomic E-state index is 12.4. The van der Waals surface area contributed by atoms with Crippen LogP contribution in [-0.4, -0.2) is 59.0 Å². The number of nitrogens with zero attached hydrogens (tertiary/aromatic N) is 3. The van der Waals surface area contributed by atoms with Gasteiger partial charge in [0, 0.05) is 11.0 Å². The van der Waals surface area contributed by atoms with Crippen LogP contribution in [0.1, 0.15) is 6.92 Å². The molecular formula is C11H13N5O3S2. The van der Waals surface area contributed by atoms with Crippen LogP contribution in [0.3, 0.4) is 0 Å². The van der Waals surface area contributed by atoms with Gasteiger partial charge in [-0.3, -0.25) is 14.8 Å². The van der Waals surface area contributed by atoms with E-state index < -0.39 is 11.5 Å². The lowest BCUT2D eigenvalue weighted by molar-refractivity contribution is -0.154. The number of fused-ring (bicyclic) bond motifs is 1. The fourth-order valence-corrected chi connectivity index (χ4v) is 4.85. The standard InChI is InChI=1S/C11H13N5O3S2/c1-5(21-10-13-4-14-15-10)11(12)8(19)16-6(7(17)18)2-3-20-9(11)16/h2,4-5,9H,3,12H2,1H3,(H,17,18)(H,13,14,15)/t5?,9-,11?/m0/s1. The molecule has 1 amide bonds. The number of carbonyl (C=O) groups is 2. The molecule has 2 aliphatic rings. The molecular weight excluding hydrogens is 314 g/mol. The van der Waals surface area contributed by atoms with Gasteiger partial charge in [-0.25, -0.2) is 9.78 Å². The number of carboxylic acids is 1. The summed E-state index contributed by atoms with van der Waals surface area (Å²) < 4.78 is 0. The summed E-state index contributed by atoms with van der Waals surface area (Å²) in [6.07, 6.45) is 2.92. The van der Waals surface area contributed by atoms with Crippen molar-refractivity contribution in [1.82, 2.24) is 20.1 Å². The summed E-state index contributed by atoms with van der Waals surface area (Å²) in [6, 6.07) is 0. The molecule has 1 aromatic rings. The summed E-state index contributed by atoms with van der Waals surface area (Å²) in [4.78, 5) is 28.9. The third-order valence-corrected chi connectivity index (χ3v) is 6.04. The molecule has 1 saturated heterocycles. The molecule has 0 saturated carbocycles. The van der Waals surface area contributed by atoms with E-state index in [4.69, 9.17) is 10.8 Å². The highest BCUT2D eigenvalue weighted by Crippen LogP contribution is 2.47. The van der Waals surface area contributed by atoms with Crippen LogP contribution in [0.2, 0.25) is 0 Å². The molecule has 0 spiro atoms. The number of aliphatic carboxylic acids is 1. The number of rotatable bonds is 4. The van der Waals surface area contributed by atoms with Crippen molar-refractivity contribution in [2.45, 2.75) is 28.2 Å². The molecule has 0 bridgehead atoms. The van der Waals surface area contributed by atoms with Crippen LogP contribution in [0.25, 0.3) is 0 Å². The summed E-state index contributed by atoms with van der Waals surface area (Å²) in [5.41, 5.74) is 5.21. The first-order chi connectivity index (χ1) is 9.96. The number of H-pyrrole nitrogens is 1. The Balaban J connectivity index is 1.82. The molecule has 0 aliphatic carbocycles. The molecule has 8 nitrogen and oxygen atoms in total. The van der Waals surface area contributed by atoms with Gasteiger partial charge in [0.2, 0.25) is 0 Å². The van der Waals surface area contributed by atoms with E-state index in [0.717, 1.165) is 0 Å². The highest BCUT2D eigenvalue weighted by atomic mass is 32.2. The van der Waals surface area contributed by atoms with Crippen molar-refractivity contribution in [3.63, 3.8) is 0 Å². The number of nitrogens with one attached hydrogen (secondary N) is 1. The molecule has 4 N–H and O–H groups in total. The Morgan fingerprint density at radius 1 is 1.76 bits per heavy atom. The van der Waals surface area contributed by atoms with Crippen LogP contribution in [0.15, 0.2) is 23.3 Å². The first-order valence-electron chi connectivity index (χ1n) is 6.16. The quantitative estimate of drug-likeness (QED) is 0.516. The zero-order valence-corrected chi connectivity index (χ0v) is 12.6. The van der Waals surface area contributed by atoms with Gasteiger partial charge in [-0.2, -0.15) is 5.10 Å². The predicted octanol–water partition coefficient (Wildman–Crippen LogP) is -0.134. The van der Waals surface area contributed by atoms with E-state index in [1.165, 1.54) is 40.8 Å². The van der Waals surface area contributed by atoms with Crippen molar-refractivity contribution < 1.29 is 14.7 Å². The number of carbonyl (C=O) groups excluding carboxylic acids is 1. The SMILES string of the molecule is CC(Sc1ncn[nH]1)C1(N)C(=O)N2C(C(=O)O)=CCS[C@H]21. The zero-order valence-electron chi connectivity index (χ0n) is 11.0. The third-order valence-electron chi connectivity index (χ3n) is 3.60. The van der Waals surface area contributed by atoms with E-state index in [1.54, 1.807) is 0 Å². The lowest BCUT2D eigenvalue weighted by Crippen LogP contribution is -2.81. The molecule has 0 aromatic carbocycles. The van der Waals surface area contributed by atoms with Gasteiger partial charge in [-0.1, -0.05) is 18.7 Å². The fourth-order valence-electron chi connectivity index (χ4n) is 2.41. The van der Waals surface area contributed by atoms with Gasteiger partial charge in [-0.15, -0.1) is 11.8 Å². The fraction of sp³-hybridized carbons (Fsp3) is 0.455. The molecule has 2 unspecified atom stereocenters. The van der Waals surface area contributed by atoms with E-state index in [9.17, 15) is 9.59 Å². The maximum Gasteiger partial charge on any atom is 0.352 e. The highest BCUT2D eigenvalue weighted by Gasteiger charge is 2.64. The Kier molecular flexibility index (Phi) is 3.46. The highest BCUT2D eigenvalue weighted by molar-refractivity contribution is 8.01. The normalized spacial score (nSPS) is 29.4. The number of amides is 1. The van der Waals surface area contributed by atoms with E-state index >= 15 is 0 Å². The first kappa shape index (κ1) is 14.4. The molecule has 3 rings (SSSR count). The monoisotopic (exact) mass is 327 g/mol. The lowest BCUT2D eigenvalue weighted by atomic mass is 9.85. The zero-order chi connectivity index (χ0) is 15.2. The molecule has 1 aromatic heterocycles. The minimum atomic E-state index is -1.11. The molecule has 10 heteroatoms. The number of aromatic amines is 1. The number of hydrogen-bond acceptors (Lipinski definition) is 7.